The van der Waals surface area contributed by atoms with E-state index in [-0.39, 0.29) is 5.70 Å². The molecule has 0 spiro atoms. The first-order valence-electron chi connectivity index (χ1n) is 4.52. The van der Waals surface area contributed by atoms with Gasteiger partial charge in [0.1, 0.15) is 0 Å². The highest BCUT2D eigenvalue weighted by Crippen LogP contribution is 2.21. The molecule has 3 nitrogen and oxygen atoms in total. The molecule has 82 valence electrons. The molecule has 0 aliphatic carbocycles. The predicted molar refractivity (Wildman–Crippen MR) is 62.7 cm³/mol. The number of benzene rings is 1. The van der Waals surface area contributed by atoms with Gasteiger partial charge in [-0.2, -0.15) is 0 Å². The van der Waals surface area contributed by atoms with E-state index >= 15 is 0 Å². The Balaban J connectivity index is 3.21. The molecule has 1 aromatic carbocycles. The van der Waals surface area contributed by atoms with Gasteiger partial charge in [0.15, 0.2) is 0 Å². The molecule has 0 unspecified atom stereocenters. The van der Waals surface area contributed by atoms with Crippen LogP contribution in [0.15, 0.2) is 30.0 Å². The Morgan fingerprint density at radius 1 is 1.38 bits per heavy atom. The molecular weight excluding hydrogens is 226 g/mol. The first kappa shape index (κ1) is 12.3. The van der Waals surface area contributed by atoms with E-state index in [1.165, 1.54) is 7.11 Å². The average molecular weight is 236 g/mol. The topological polar surface area (TPSA) is 30.7 Å². The summed E-state index contributed by atoms with van der Waals surface area (Å²) in [6.45, 7) is 8.66. The molecule has 0 bridgehead atoms. The van der Waals surface area contributed by atoms with Crippen molar-refractivity contribution < 1.29 is 9.53 Å². The van der Waals surface area contributed by atoms with Crippen LogP contribution in [0.1, 0.15) is 12.5 Å². The second-order valence-electron chi connectivity index (χ2n) is 3.08. The minimum absolute atomic E-state index is 0.00942. The fourth-order valence-corrected chi connectivity index (χ4v) is 1.34. The first-order valence-corrected chi connectivity index (χ1v) is 4.90. The molecule has 0 N–H and O–H groups in total. The smallest absolute Gasteiger partial charge is 0.336 e. The van der Waals surface area contributed by atoms with Crippen LogP contribution in [0.2, 0.25) is 5.02 Å². The molecule has 0 atom stereocenters. The van der Waals surface area contributed by atoms with Gasteiger partial charge in [-0.1, -0.05) is 23.7 Å². The number of halogens is 1. The quantitative estimate of drug-likeness (QED) is 0.448. The Labute approximate surface area is 99.1 Å². The summed E-state index contributed by atoms with van der Waals surface area (Å²) in [4.78, 5) is 14.5. The van der Waals surface area contributed by atoms with Crippen LogP contribution in [0.4, 0.5) is 0 Å². The van der Waals surface area contributed by atoms with Crippen LogP contribution in [-0.4, -0.2) is 13.1 Å². The van der Waals surface area contributed by atoms with Gasteiger partial charge >= 0.3 is 5.97 Å². The van der Waals surface area contributed by atoms with Crippen molar-refractivity contribution in [2.24, 2.45) is 0 Å². The lowest BCUT2D eigenvalue weighted by molar-refractivity contribution is -0.135. The standard InChI is InChI=1S/C12H10ClNO2/c1-8(11(14-2)12(15)16-3)9-4-6-10(13)7-5-9/h4-7H,1,3H3/b11-8-. The zero-order valence-electron chi connectivity index (χ0n) is 8.95. The summed E-state index contributed by atoms with van der Waals surface area (Å²) in [5.74, 6) is -0.623. The maximum absolute atomic E-state index is 11.3. The van der Waals surface area contributed by atoms with Crippen LogP contribution >= 0.6 is 11.6 Å². The van der Waals surface area contributed by atoms with Crippen LogP contribution in [0.25, 0.3) is 10.4 Å². The second kappa shape index (κ2) is 5.34. The number of rotatable bonds is 2. The lowest BCUT2D eigenvalue weighted by Gasteiger charge is -2.04. The Hall–Kier alpha value is -1.79. The van der Waals surface area contributed by atoms with Gasteiger partial charge in [-0.15, -0.1) is 0 Å². The minimum atomic E-state index is -0.623. The maximum atomic E-state index is 11.3. The fourth-order valence-electron chi connectivity index (χ4n) is 1.22. The van der Waals surface area contributed by atoms with Crippen molar-refractivity contribution in [3.63, 3.8) is 0 Å². The second-order valence-corrected chi connectivity index (χ2v) is 3.52. The van der Waals surface area contributed by atoms with Crippen molar-refractivity contribution in [2.75, 3.05) is 7.11 Å². The van der Waals surface area contributed by atoms with E-state index in [1.54, 1.807) is 31.2 Å². The fraction of sp³-hybridized carbons (Fsp3) is 0.167. The number of esters is 1. The monoisotopic (exact) mass is 235 g/mol. The molecule has 0 fully saturated rings. The molecule has 0 radical (unpaired) electrons. The van der Waals surface area contributed by atoms with Gasteiger partial charge in [-0.05, 0) is 30.2 Å². The summed E-state index contributed by atoms with van der Waals surface area (Å²) in [7, 11) is 1.25. The van der Waals surface area contributed by atoms with E-state index in [2.05, 4.69) is 9.58 Å². The first-order chi connectivity index (χ1) is 7.60. The largest absolute Gasteiger partial charge is 0.474 e. The van der Waals surface area contributed by atoms with Crippen molar-refractivity contribution >= 4 is 23.1 Å². The Kier molecular flexibility index (Phi) is 4.10. The third-order valence-corrected chi connectivity index (χ3v) is 2.37. The zero-order valence-corrected chi connectivity index (χ0v) is 9.71. The van der Waals surface area contributed by atoms with E-state index in [0.717, 1.165) is 5.56 Å². The molecule has 0 saturated heterocycles. The predicted octanol–water partition coefficient (Wildman–Crippen LogP) is 3.16. The number of methoxy groups -OCH3 is 1. The Bertz CT molecular complexity index is 469. The Morgan fingerprint density at radius 3 is 2.38 bits per heavy atom. The maximum Gasteiger partial charge on any atom is 0.336 e. The van der Waals surface area contributed by atoms with E-state index in [1.807, 2.05) is 0 Å². The summed E-state index contributed by atoms with van der Waals surface area (Å²) in [5.41, 5.74) is 1.35. The van der Waals surface area contributed by atoms with E-state index < -0.39 is 5.97 Å². The van der Waals surface area contributed by atoms with Crippen LogP contribution in [0.5, 0.6) is 0 Å². The van der Waals surface area contributed by atoms with Crippen LogP contribution in [0.3, 0.4) is 0 Å². The molecule has 0 amide bonds. The highest BCUT2D eigenvalue weighted by molar-refractivity contribution is 6.30. The zero-order chi connectivity index (χ0) is 12.1. The van der Waals surface area contributed by atoms with Gasteiger partial charge in [0, 0.05) is 5.02 Å². The van der Waals surface area contributed by atoms with Crippen LogP contribution < -0.4 is 0 Å². The number of allylic oxidation sites excluding steroid dienone is 1. The summed E-state index contributed by atoms with van der Waals surface area (Å²) in [6, 6.07) is 6.93. The SMILES string of the molecule is [C-]#[N+]/C(C(=O)OC)=C(/C)c1ccc(Cl)cc1. The normalized spacial score (nSPS) is 11.4. The average Bonchev–Trinajstić information content (AvgIpc) is 2.30. The summed E-state index contributed by atoms with van der Waals surface area (Å²) < 4.78 is 4.53. The third kappa shape index (κ3) is 2.62. The van der Waals surface area contributed by atoms with Gasteiger partial charge in [0.2, 0.25) is 0 Å². The van der Waals surface area contributed by atoms with Gasteiger partial charge in [0.05, 0.1) is 13.7 Å². The van der Waals surface area contributed by atoms with Crippen LogP contribution in [-0.2, 0) is 9.53 Å². The van der Waals surface area contributed by atoms with Gasteiger partial charge < -0.3 is 4.74 Å². The minimum Gasteiger partial charge on any atom is -0.474 e. The van der Waals surface area contributed by atoms with E-state index in [0.29, 0.717) is 10.6 Å². The molecule has 0 heterocycles. The number of carbonyl (C=O) groups is 1. The number of hydrogen-bond acceptors (Lipinski definition) is 2. The summed E-state index contributed by atoms with van der Waals surface area (Å²) in [5, 5.41) is 0.610. The number of hydrogen-bond donors (Lipinski definition) is 0. The number of carbonyl (C=O) groups excluding carboxylic acids is 1. The molecule has 1 rings (SSSR count). The van der Waals surface area contributed by atoms with Crippen molar-refractivity contribution in [1.82, 2.24) is 0 Å². The highest BCUT2D eigenvalue weighted by atomic mass is 35.5. The number of nitrogens with zero attached hydrogens (tertiary/aromatic N) is 1. The molecule has 0 aromatic heterocycles. The lowest BCUT2D eigenvalue weighted by atomic mass is 10.1. The van der Waals surface area contributed by atoms with Crippen LogP contribution in [0, 0.1) is 6.57 Å². The van der Waals surface area contributed by atoms with Gasteiger partial charge in [-0.25, -0.2) is 4.85 Å². The van der Waals surface area contributed by atoms with Crippen molar-refractivity contribution in [1.29, 1.82) is 0 Å². The van der Waals surface area contributed by atoms with E-state index in [9.17, 15) is 4.79 Å². The molecule has 16 heavy (non-hydrogen) atoms. The van der Waals surface area contributed by atoms with Gasteiger partial charge in [-0.3, -0.25) is 4.79 Å². The van der Waals surface area contributed by atoms with Crippen molar-refractivity contribution in [2.45, 2.75) is 6.92 Å². The molecule has 0 aliphatic heterocycles. The molecule has 0 aliphatic rings. The number of ether oxygens (including phenoxy) is 1. The molecule has 4 heteroatoms. The van der Waals surface area contributed by atoms with E-state index in [4.69, 9.17) is 18.2 Å². The van der Waals surface area contributed by atoms with Crippen molar-refractivity contribution in [3.05, 3.63) is 52.0 Å². The lowest BCUT2D eigenvalue weighted by Crippen LogP contribution is -2.03. The van der Waals surface area contributed by atoms with Crippen molar-refractivity contribution in [3.8, 4) is 0 Å². The van der Waals surface area contributed by atoms with Gasteiger partial charge in [0.25, 0.3) is 5.70 Å². The summed E-state index contributed by atoms with van der Waals surface area (Å²) in [6.07, 6.45) is 0. The highest BCUT2D eigenvalue weighted by Gasteiger charge is 2.14. The third-order valence-electron chi connectivity index (χ3n) is 2.12. The molecule has 0 saturated carbocycles. The molecular formula is C12H10ClNO2. The summed E-state index contributed by atoms with van der Waals surface area (Å²) >= 11 is 5.75. The molecule has 1 aromatic rings. The Morgan fingerprint density at radius 2 is 1.94 bits per heavy atom.